The number of ether oxygens (including phenoxy) is 1. The molecule has 0 aliphatic carbocycles. The third-order valence-corrected chi connectivity index (χ3v) is 3.12. The molecule has 2 aromatic rings. The van der Waals surface area contributed by atoms with Crippen molar-refractivity contribution in [3.8, 4) is 0 Å². The average Bonchev–Trinajstić information content (AvgIpc) is 2.73. The highest BCUT2D eigenvalue weighted by atomic mass is 16.6. The van der Waals surface area contributed by atoms with Gasteiger partial charge >= 0.3 is 6.09 Å². The monoisotopic (exact) mass is 320 g/mol. The minimum Gasteiger partial charge on any atom is -0.444 e. The predicted molar refractivity (Wildman–Crippen MR) is 85.4 cm³/mol. The minimum atomic E-state index is -0.556. The quantitative estimate of drug-likeness (QED) is 0.689. The molecular formula is C15H20N4O4. The number of aromatic nitrogens is 2. The number of hydrogen-bond donors (Lipinski definition) is 1. The molecule has 1 amide bonds. The molecule has 0 atom stereocenters. The highest BCUT2D eigenvalue weighted by Crippen LogP contribution is 2.23. The maximum Gasteiger partial charge on any atom is 0.407 e. The maximum atomic E-state index is 11.6. The van der Waals surface area contributed by atoms with Crippen molar-refractivity contribution in [3.63, 3.8) is 0 Å². The normalized spacial score (nSPS) is 11.5. The molecular weight excluding hydrogens is 300 g/mol. The van der Waals surface area contributed by atoms with Gasteiger partial charge in [-0.15, -0.1) is 0 Å². The van der Waals surface area contributed by atoms with E-state index in [9.17, 15) is 14.9 Å². The molecule has 0 aliphatic heterocycles. The summed E-state index contributed by atoms with van der Waals surface area (Å²) >= 11 is 0. The Kier molecular flexibility index (Phi) is 4.53. The van der Waals surface area contributed by atoms with Crippen molar-refractivity contribution >= 4 is 22.7 Å². The summed E-state index contributed by atoms with van der Waals surface area (Å²) in [6.07, 6.45) is -0.503. The van der Waals surface area contributed by atoms with Crippen molar-refractivity contribution in [2.75, 3.05) is 6.54 Å². The number of amides is 1. The molecule has 0 spiro atoms. The SMILES string of the molecule is Cc1nn(CCNC(=O)OC(C)(C)C)c2cc([N+](=O)[O-])ccc12. The molecule has 1 aromatic heterocycles. The van der Waals surface area contributed by atoms with E-state index in [0.717, 1.165) is 11.1 Å². The fourth-order valence-corrected chi connectivity index (χ4v) is 2.19. The van der Waals surface area contributed by atoms with Gasteiger partial charge in [-0.3, -0.25) is 14.8 Å². The molecule has 0 saturated carbocycles. The second-order valence-corrected chi connectivity index (χ2v) is 6.20. The Bertz CT molecular complexity index is 746. The lowest BCUT2D eigenvalue weighted by Gasteiger charge is -2.19. The molecule has 124 valence electrons. The third-order valence-electron chi connectivity index (χ3n) is 3.12. The van der Waals surface area contributed by atoms with Crippen LogP contribution in [0, 0.1) is 17.0 Å². The molecule has 1 N–H and O–H groups in total. The summed E-state index contributed by atoms with van der Waals surface area (Å²) in [4.78, 5) is 22.1. The molecule has 1 aromatic carbocycles. The van der Waals surface area contributed by atoms with E-state index in [0.29, 0.717) is 18.6 Å². The summed E-state index contributed by atoms with van der Waals surface area (Å²) in [6.45, 7) is 7.91. The van der Waals surface area contributed by atoms with E-state index in [4.69, 9.17) is 4.74 Å². The Morgan fingerprint density at radius 2 is 2.13 bits per heavy atom. The van der Waals surface area contributed by atoms with E-state index < -0.39 is 16.6 Å². The molecule has 8 heteroatoms. The third kappa shape index (κ3) is 4.18. The van der Waals surface area contributed by atoms with Gasteiger partial charge in [-0.1, -0.05) is 0 Å². The number of nitrogens with one attached hydrogen (secondary N) is 1. The van der Waals surface area contributed by atoms with Crippen LogP contribution in [0.15, 0.2) is 18.2 Å². The van der Waals surface area contributed by atoms with Gasteiger partial charge < -0.3 is 10.1 Å². The van der Waals surface area contributed by atoms with Crippen molar-refractivity contribution in [2.45, 2.75) is 39.8 Å². The molecule has 0 fully saturated rings. The summed E-state index contributed by atoms with van der Waals surface area (Å²) in [6, 6.07) is 4.64. The van der Waals surface area contributed by atoms with Crippen molar-refractivity contribution in [1.82, 2.24) is 15.1 Å². The van der Waals surface area contributed by atoms with Gasteiger partial charge in [-0.25, -0.2) is 4.79 Å². The number of nitro benzene ring substituents is 1. The van der Waals surface area contributed by atoms with Crippen molar-refractivity contribution in [1.29, 1.82) is 0 Å². The molecule has 0 unspecified atom stereocenters. The molecule has 8 nitrogen and oxygen atoms in total. The van der Waals surface area contributed by atoms with Crippen LogP contribution in [0.5, 0.6) is 0 Å². The van der Waals surface area contributed by atoms with Gasteiger partial charge in [0, 0.05) is 24.1 Å². The molecule has 23 heavy (non-hydrogen) atoms. The topological polar surface area (TPSA) is 99.3 Å². The van der Waals surface area contributed by atoms with Gasteiger partial charge in [0.25, 0.3) is 5.69 Å². The van der Waals surface area contributed by atoms with Crippen LogP contribution in [-0.4, -0.2) is 32.9 Å². The highest BCUT2D eigenvalue weighted by molar-refractivity contribution is 5.84. The van der Waals surface area contributed by atoms with Crippen LogP contribution >= 0.6 is 0 Å². The van der Waals surface area contributed by atoms with E-state index in [1.165, 1.54) is 12.1 Å². The molecule has 0 aliphatic rings. The van der Waals surface area contributed by atoms with E-state index in [-0.39, 0.29) is 5.69 Å². The first-order valence-electron chi connectivity index (χ1n) is 7.26. The second kappa shape index (κ2) is 6.23. The van der Waals surface area contributed by atoms with Crippen molar-refractivity contribution in [2.24, 2.45) is 0 Å². The van der Waals surface area contributed by atoms with Crippen LogP contribution < -0.4 is 5.32 Å². The van der Waals surface area contributed by atoms with E-state index >= 15 is 0 Å². The van der Waals surface area contributed by atoms with E-state index in [1.807, 2.05) is 6.92 Å². The number of alkyl carbamates (subject to hydrolysis) is 1. The Morgan fingerprint density at radius 3 is 2.74 bits per heavy atom. The summed E-state index contributed by atoms with van der Waals surface area (Å²) < 4.78 is 6.80. The smallest absolute Gasteiger partial charge is 0.407 e. The average molecular weight is 320 g/mol. The zero-order chi connectivity index (χ0) is 17.2. The summed E-state index contributed by atoms with van der Waals surface area (Å²) in [5.74, 6) is 0. The standard InChI is InChI=1S/C15H20N4O4/c1-10-12-6-5-11(19(21)22)9-13(12)18(17-10)8-7-16-14(20)23-15(2,3)4/h5-6,9H,7-8H2,1-4H3,(H,16,20). The number of carbonyl (C=O) groups excluding carboxylic acids is 1. The first-order chi connectivity index (χ1) is 10.7. The van der Waals surface area contributed by atoms with Gasteiger partial charge in [0.2, 0.25) is 0 Å². The van der Waals surface area contributed by atoms with Gasteiger partial charge in [0.05, 0.1) is 22.7 Å². The number of non-ortho nitro benzene ring substituents is 1. The lowest BCUT2D eigenvalue weighted by atomic mass is 10.2. The first kappa shape index (κ1) is 16.7. The summed E-state index contributed by atoms with van der Waals surface area (Å²) in [7, 11) is 0. The fraction of sp³-hybridized carbons (Fsp3) is 0.467. The number of hydrogen-bond acceptors (Lipinski definition) is 5. The molecule has 0 saturated heterocycles. The Labute approximate surface area is 133 Å². The Balaban J connectivity index is 2.09. The van der Waals surface area contributed by atoms with Gasteiger partial charge in [-0.2, -0.15) is 5.10 Å². The van der Waals surface area contributed by atoms with Gasteiger partial charge in [-0.05, 0) is 33.8 Å². The number of nitrogens with zero attached hydrogens (tertiary/aromatic N) is 3. The lowest BCUT2D eigenvalue weighted by Crippen LogP contribution is -2.34. The minimum absolute atomic E-state index is 0.0127. The molecule has 2 rings (SSSR count). The first-order valence-corrected chi connectivity index (χ1v) is 7.26. The zero-order valence-electron chi connectivity index (χ0n) is 13.6. The predicted octanol–water partition coefficient (Wildman–Crippen LogP) is 2.78. The summed E-state index contributed by atoms with van der Waals surface area (Å²) in [5, 5.41) is 18.8. The highest BCUT2D eigenvalue weighted by Gasteiger charge is 2.16. The molecule has 0 bridgehead atoms. The maximum absolute atomic E-state index is 11.6. The van der Waals surface area contributed by atoms with Crippen molar-refractivity contribution < 1.29 is 14.5 Å². The Hall–Kier alpha value is -2.64. The van der Waals surface area contributed by atoms with Crippen LogP contribution in [0.4, 0.5) is 10.5 Å². The number of rotatable bonds is 4. The largest absolute Gasteiger partial charge is 0.444 e. The van der Waals surface area contributed by atoms with Crippen LogP contribution in [-0.2, 0) is 11.3 Å². The van der Waals surface area contributed by atoms with Crippen LogP contribution in [0.2, 0.25) is 0 Å². The Morgan fingerprint density at radius 1 is 1.43 bits per heavy atom. The van der Waals surface area contributed by atoms with Gasteiger partial charge in [0.1, 0.15) is 5.60 Å². The fourth-order valence-electron chi connectivity index (χ4n) is 2.19. The zero-order valence-corrected chi connectivity index (χ0v) is 13.6. The van der Waals surface area contributed by atoms with Crippen molar-refractivity contribution in [3.05, 3.63) is 34.0 Å². The van der Waals surface area contributed by atoms with E-state index in [2.05, 4.69) is 10.4 Å². The number of nitro groups is 1. The lowest BCUT2D eigenvalue weighted by molar-refractivity contribution is -0.384. The summed E-state index contributed by atoms with van der Waals surface area (Å²) in [5.41, 5.74) is 0.910. The number of carbonyl (C=O) groups is 1. The second-order valence-electron chi connectivity index (χ2n) is 6.20. The van der Waals surface area contributed by atoms with Crippen LogP contribution in [0.25, 0.3) is 10.9 Å². The van der Waals surface area contributed by atoms with Crippen LogP contribution in [0.3, 0.4) is 0 Å². The number of benzene rings is 1. The van der Waals surface area contributed by atoms with Crippen LogP contribution in [0.1, 0.15) is 26.5 Å². The van der Waals surface area contributed by atoms with Gasteiger partial charge in [0.15, 0.2) is 0 Å². The molecule has 1 heterocycles. The molecule has 0 radical (unpaired) electrons. The number of aryl methyl sites for hydroxylation is 1. The van der Waals surface area contributed by atoms with E-state index in [1.54, 1.807) is 31.5 Å². The number of fused-ring (bicyclic) bond motifs is 1.